The molecule has 6 nitrogen and oxygen atoms in total. The zero-order valence-corrected chi connectivity index (χ0v) is 13.5. The van der Waals surface area contributed by atoms with Crippen LogP contribution in [0.1, 0.15) is 39.1 Å². The molecule has 1 amide bonds. The lowest BCUT2D eigenvalue weighted by Gasteiger charge is -2.08. The molecule has 0 spiro atoms. The molecule has 2 rings (SSSR count). The van der Waals surface area contributed by atoms with Crippen LogP contribution in [0.3, 0.4) is 0 Å². The van der Waals surface area contributed by atoms with Gasteiger partial charge in [-0.05, 0) is 36.2 Å². The van der Waals surface area contributed by atoms with Gasteiger partial charge in [0.2, 0.25) is 0 Å². The van der Waals surface area contributed by atoms with Gasteiger partial charge in [0.25, 0.3) is 5.91 Å². The lowest BCUT2D eigenvalue weighted by atomic mass is 10.1. The Bertz CT molecular complexity index is 687. The fourth-order valence-corrected chi connectivity index (χ4v) is 2.73. The summed E-state index contributed by atoms with van der Waals surface area (Å²) in [5.74, 6) is -1.50. The SMILES string of the molecule is CCCc1nnsc1C(=O)Nc1ccc(Br)cc1C(=O)O. The zero-order valence-electron chi connectivity index (χ0n) is 11.1. The number of anilines is 1. The Kier molecular flexibility index (Phi) is 5.03. The molecular weight excluding hydrogens is 358 g/mol. The van der Waals surface area contributed by atoms with Gasteiger partial charge in [-0.15, -0.1) is 5.10 Å². The molecule has 0 aliphatic rings. The van der Waals surface area contributed by atoms with E-state index in [9.17, 15) is 14.7 Å². The molecule has 0 saturated carbocycles. The first kappa shape index (κ1) is 15.6. The second-order valence-corrected chi connectivity index (χ2v) is 5.92. The Hall–Kier alpha value is -1.80. The third-order valence-electron chi connectivity index (χ3n) is 2.71. The van der Waals surface area contributed by atoms with E-state index in [4.69, 9.17) is 0 Å². The third-order valence-corrected chi connectivity index (χ3v) is 3.97. The topological polar surface area (TPSA) is 92.2 Å². The van der Waals surface area contributed by atoms with E-state index >= 15 is 0 Å². The number of carbonyl (C=O) groups excluding carboxylic acids is 1. The van der Waals surface area contributed by atoms with Gasteiger partial charge in [-0.25, -0.2) is 4.79 Å². The monoisotopic (exact) mass is 369 g/mol. The molecule has 2 aromatic rings. The fraction of sp³-hybridized carbons (Fsp3) is 0.231. The largest absolute Gasteiger partial charge is 0.478 e. The number of amides is 1. The predicted octanol–water partition coefficient (Wildman–Crippen LogP) is 3.20. The predicted molar refractivity (Wildman–Crippen MR) is 83.0 cm³/mol. The molecule has 0 radical (unpaired) electrons. The van der Waals surface area contributed by atoms with Gasteiger partial charge in [-0.2, -0.15) is 0 Å². The van der Waals surface area contributed by atoms with Crippen molar-refractivity contribution in [2.45, 2.75) is 19.8 Å². The van der Waals surface area contributed by atoms with Crippen LogP contribution >= 0.6 is 27.5 Å². The Morgan fingerprint density at radius 1 is 1.43 bits per heavy atom. The van der Waals surface area contributed by atoms with Crippen LogP contribution in [0.25, 0.3) is 0 Å². The van der Waals surface area contributed by atoms with Crippen LogP contribution in [0.4, 0.5) is 5.69 Å². The first-order valence-corrected chi connectivity index (χ1v) is 7.75. The number of benzene rings is 1. The van der Waals surface area contributed by atoms with Crippen molar-refractivity contribution in [3.8, 4) is 0 Å². The van der Waals surface area contributed by atoms with Gasteiger partial charge >= 0.3 is 5.97 Å². The van der Waals surface area contributed by atoms with Gasteiger partial charge in [-0.1, -0.05) is 33.8 Å². The van der Waals surface area contributed by atoms with Crippen molar-refractivity contribution in [1.29, 1.82) is 0 Å². The van der Waals surface area contributed by atoms with E-state index in [2.05, 4.69) is 30.8 Å². The quantitative estimate of drug-likeness (QED) is 0.843. The number of carbonyl (C=O) groups is 2. The first-order valence-electron chi connectivity index (χ1n) is 6.18. The van der Waals surface area contributed by atoms with Gasteiger partial charge < -0.3 is 10.4 Å². The summed E-state index contributed by atoms with van der Waals surface area (Å²) in [7, 11) is 0. The van der Waals surface area contributed by atoms with Crippen LogP contribution in [0.5, 0.6) is 0 Å². The van der Waals surface area contributed by atoms with E-state index in [1.165, 1.54) is 6.07 Å². The molecule has 1 aromatic heterocycles. The zero-order chi connectivity index (χ0) is 15.4. The molecule has 8 heteroatoms. The summed E-state index contributed by atoms with van der Waals surface area (Å²) in [6, 6.07) is 4.65. The minimum atomic E-state index is -1.11. The third kappa shape index (κ3) is 3.64. The van der Waals surface area contributed by atoms with Crippen LogP contribution in [0, 0.1) is 0 Å². The summed E-state index contributed by atoms with van der Waals surface area (Å²) in [6.45, 7) is 1.98. The van der Waals surface area contributed by atoms with E-state index in [-0.39, 0.29) is 11.3 Å². The number of hydrogen-bond donors (Lipinski definition) is 2. The molecular formula is C13H12BrN3O3S. The van der Waals surface area contributed by atoms with E-state index in [1.54, 1.807) is 12.1 Å². The number of halogens is 1. The van der Waals surface area contributed by atoms with Crippen molar-refractivity contribution >= 4 is 45.0 Å². The van der Waals surface area contributed by atoms with Gasteiger partial charge in [0.1, 0.15) is 4.88 Å². The van der Waals surface area contributed by atoms with Gasteiger partial charge in [0.05, 0.1) is 16.9 Å². The molecule has 1 aromatic carbocycles. The number of nitrogens with zero attached hydrogens (tertiary/aromatic N) is 2. The normalized spacial score (nSPS) is 10.4. The lowest BCUT2D eigenvalue weighted by molar-refractivity contribution is 0.0698. The number of aromatic carboxylic acids is 1. The highest BCUT2D eigenvalue weighted by Gasteiger charge is 2.18. The van der Waals surface area contributed by atoms with E-state index in [0.717, 1.165) is 18.0 Å². The smallest absolute Gasteiger partial charge is 0.337 e. The maximum atomic E-state index is 12.2. The van der Waals surface area contributed by atoms with E-state index in [0.29, 0.717) is 21.5 Å². The average Bonchev–Trinajstić information content (AvgIpc) is 2.89. The summed E-state index contributed by atoms with van der Waals surface area (Å²) in [5, 5.41) is 15.7. The molecule has 1 heterocycles. The van der Waals surface area contributed by atoms with Crippen LogP contribution in [-0.2, 0) is 6.42 Å². The Balaban J connectivity index is 2.27. The number of rotatable bonds is 5. The van der Waals surface area contributed by atoms with Crippen LogP contribution in [0.15, 0.2) is 22.7 Å². The van der Waals surface area contributed by atoms with Crippen LogP contribution in [0.2, 0.25) is 0 Å². The number of carboxylic acids is 1. The van der Waals surface area contributed by atoms with Crippen molar-refractivity contribution in [1.82, 2.24) is 9.59 Å². The second kappa shape index (κ2) is 6.77. The molecule has 21 heavy (non-hydrogen) atoms. The van der Waals surface area contributed by atoms with Crippen LogP contribution in [-0.4, -0.2) is 26.6 Å². The molecule has 0 aliphatic heterocycles. The summed E-state index contributed by atoms with van der Waals surface area (Å²) in [5.41, 5.74) is 0.896. The molecule has 2 N–H and O–H groups in total. The lowest BCUT2D eigenvalue weighted by Crippen LogP contribution is -2.15. The summed E-state index contributed by atoms with van der Waals surface area (Å²) < 4.78 is 4.41. The van der Waals surface area contributed by atoms with Gasteiger partial charge in [0, 0.05) is 4.47 Å². The highest BCUT2D eigenvalue weighted by molar-refractivity contribution is 9.10. The first-order chi connectivity index (χ1) is 10.0. The minimum Gasteiger partial charge on any atom is -0.478 e. The molecule has 0 saturated heterocycles. The van der Waals surface area contributed by atoms with E-state index < -0.39 is 11.9 Å². The minimum absolute atomic E-state index is 0.0206. The number of nitrogens with one attached hydrogen (secondary N) is 1. The van der Waals surface area contributed by atoms with Crippen LogP contribution < -0.4 is 5.32 Å². The number of aromatic nitrogens is 2. The Morgan fingerprint density at radius 3 is 2.86 bits per heavy atom. The highest BCUT2D eigenvalue weighted by Crippen LogP contribution is 2.23. The van der Waals surface area contributed by atoms with Crippen molar-refractivity contribution in [2.75, 3.05) is 5.32 Å². The maximum absolute atomic E-state index is 12.2. The second-order valence-electron chi connectivity index (χ2n) is 4.25. The molecule has 0 bridgehead atoms. The molecule has 0 aliphatic carbocycles. The van der Waals surface area contributed by atoms with Crippen molar-refractivity contribution < 1.29 is 14.7 Å². The standard InChI is InChI=1S/C13H12BrN3O3S/c1-2-3-10-11(21-17-16-10)12(18)15-9-5-4-7(14)6-8(9)13(19)20/h4-6H,2-3H2,1H3,(H,15,18)(H,19,20). The molecule has 0 atom stereocenters. The highest BCUT2D eigenvalue weighted by atomic mass is 79.9. The number of aryl methyl sites for hydroxylation is 1. The maximum Gasteiger partial charge on any atom is 0.337 e. The molecule has 110 valence electrons. The van der Waals surface area contributed by atoms with E-state index in [1.807, 2.05) is 6.92 Å². The van der Waals surface area contributed by atoms with Gasteiger partial charge in [0.15, 0.2) is 0 Å². The number of carboxylic acid groups (broad SMARTS) is 1. The Morgan fingerprint density at radius 2 is 2.19 bits per heavy atom. The van der Waals surface area contributed by atoms with Crippen molar-refractivity contribution in [3.63, 3.8) is 0 Å². The fourth-order valence-electron chi connectivity index (χ4n) is 1.76. The summed E-state index contributed by atoms with van der Waals surface area (Å²) in [4.78, 5) is 23.9. The van der Waals surface area contributed by atoms with Gasteiger partial charge in [-0.3, -0.25) is 4.79 Å². The summed E-state index contributed by atoms with van der Waals surface area (Å²) in [6.07, 6.45) is 1.51. The number of hydrogen-bond acceptors (Lipinski definition) is 5. The Labute approximate surface area is 133 Å². The average molecular weight is 370 g/mol. The van der Waals surface area contributed by atoms with Crippen molar-refractivity contribution in [2.24, 2.45) is 0 Å². The summed E-state index contributed by atoms with van der Waals surface area (Å²) >= 11 is 4.21. The molecule has 0 fully saturated rings. The van der Waals surface area contributed by atoms with Crippen molar-refractivity contribution in [3.05, 3.63) is 38.8 Å². The molecule has 0 unspecified atom stereocenters.